The van der Waals surface area contributed by atoms with Crippen molar-refractivity contribution in [3.05, 3.63) is 12.7 Å². The summed E-state index contributed by atoms with van der Waals surface area (Å²) in [5, 5.41) is 3.22. The summed E-state index contributed by atoms with van der Waals surface area (Å²) >= 11 is 0. The molecule has 1 aliphatic rings. The fourth-order valence-corrected chi connectivity index (χ4v) is 0.829. The summed E-state index contributed by atoms with van der Waals surface area (Å²) in [6, 6.07) is 0. The van der Waals surface area contributed by atoms with Crippen LogP contribution in [0.15, 0.2) is 6.58 Å². The topological polar surface area (TPSA) is 12.0 Å². The molecule has 0 aromatic heterocycles. The van der Waals surface area contributed by atoms with Crippen LogP contribution in [0, 0.1) is 12.0 Å². The number of hydrogen-bond donors (Lipinski definition) is 1. The van der Waals surface area contributed by atoms with Gasteiger partial charge in [0, 0.05) is 6.54 Å². The Kier molecular flexibility index (Phi) is 1.47. The monoisotopic (exact) mass is 96.1 g/mol. The van der Waals surface area contributed by atoms with Crippen LogP contribution >= 0.6 is 0 Å². The van der Waals surface area contributed by atoms with Gasteiger partial charge in [0.2, 0.25) is 0 Å². The molecule has 0 spiro atoms. The molecule has 1 rings (SSSR count). The maximum atomic E-state index is 3.58. The maximum Gasteiger partial charge on any atom is 0.00205 e. The lowest BCUT2D eigenvalue weighted by molar-refractivity contribution is 0.710. The van der Waals surface area contributed by atoms with E-state index in [-0.39, 0.29) is 0 Å². The average Bonchev–Trinajstić information content (AvgIpc) is 2.14. The molecule has 1 fully saturated rings. The van der Waals surface area contributed by atoms with Crippen molar-refractivity contribution in [1.29, 1.82) is 0 Å². The molecule has 0 bridgehead atoms. The standard InChI is InChI=1S/C6H10N/c1-2-6-3-4-7-5-6/h6-7H,1,3-5H2/t6-/m1/s1. The third-order valence-corrected chi connectivity index (χ3v) is 1.35. The van der Waals surface area contributed by atoms with E-state index in [9.17, 15) is 0 Å². The zero-order valence-corrected chi connectivity index (χ0v) is 4.41. The van der Waals surface area contributed by atoms with E-state index in [0.717, 1.165) is 13.1 Å². The van der Waals surface area contributed by atoms with Gasteiger partial charge in [0.1, 0.15) is 0 Å². The molecule has 1 nitrogen and oxygen atoms in total. The minimum atomic E-state index is 0.625. The molecule has 0 aliphatic carbocycles. The predicted octanol–water partition coefficient (Wildman–Crippen LogP) is 0.585. The molecule has 0 saturated carbocycles. The van der Waals surface area contributed by atoms with Crippen LogP contribution < -0.4 is 5.32 Å². The van der Waals surface area contributed by atoms with Gasteiger partial charge >= 0.3 is 0 Å². The Bertz CT molecular complexity index is 62.6. The SMILES string of the molecule is C=[C][C@@H]1CCNC1. The van der Waals surface area contributed by atoms with Gasteiger partial charge in [-0.25, -0.2) is 0 Å². The Labute approximate surface area is 44.4 Å². The van der Waals surface area contributed by atoms with Crippen LogP contribution in [-0.2, 0) is 0 Å². The molecule has 7 heavy (non-hydrogen) atoms. The third-order valence-electron chi connectivity index (χ3n) is 1.35. The minimum Gasteiger partial charge on any atom is -0.316 e. The predicted molar refractivity (Wildman–Crippen MR) is 29.8 cm³/mol. The lowest BCUT2D eigenvalue weighted by atomic mass is 10.1. The normalized spacial score (nSPS) is 30.6. The third kappa shape index (κ3) is 1.03. The molecular weight excluding hydrogens is 86.1 g/mol. The van der Waals surface area contributed by atoms with Crippen LogP contribution in [0.2, 0.25) is 0 Å². The molecule has 0 aromatic rings. The summed E-state index contributed by atoms with van der Waals surface area (Å²) < 4.78 is 0. The van der Waals surface area contributed by atoms with E-state index in [0.29, 0.717) is 5.92 Å². The highest BCUT2D eigenvalue weighted by Crippen LogP contribution is 2.05. The first-order valence-electron chi connectivity index (χ1n) is 2.67. The average molecular weight is 96.2 g/mol. The molecule has 1 radical (unpaired) electrons. The second-order valence-electron chi connectivity index (χ2n) is 1.89. The highest BCUT2D eigenvalue weighted by Gasteiger charge is 2.08. The van der Waals surface area contributed by atoms with E-state index in [1.807, 2.05) is 0 Å². The summed E-state index contributed by atoms with van der Waals surface area (Å²) in [4.78, 5) is 0. The van der Waals surface area contributed by atoms with E-state index < -0.39 is 0 Å². The van der Waals surface area contributed by atoms with Gasteiger partial charge in [-0.05, 0) is 25.0 Å². The summed E-state index contributed by atoms with van der Waals surface area (Å²) in [5.41, 5.74) is 0. The first kappa shape index (κ1) is 4.85. The van der Waals surface area contributed by atoms with Crippen molar-refractivity contribution in [2.24, 2.45) is 5.92 Å². The maximum absolute atomic E-state index is 3.58. The quantitative estimate of drug-likeness (QED) is 0.503. The summed E-state index contributed by atoms with van der Waals surface area (Å²) in [7, 11) is 0. The van der Waals surface area contributed by atoms with Gasteiger partial charge in [0.05, 0.1) is 0 Å². The van der Waals surface area contributed by atoms with Gasteiger partial charge < -0.3 is 5.32 Å². The van der Waals surface area contributed by atoms with E-state index in [1.54, 1.807) is 0 Å². The van der Waals surface area contributed by atoms with Gasteiger partial charge in [-0.2, -0.15) is 0 Å². The molecule has 0 aromatic carbocycles. The van der Waals surface area contributed by atoms with Crippen LogP contribution in [0.4, 0.5) is 0 Å². The van der Waals surface area contributed by atoms with E-state index in [2.05, 4.69) is 18.0 Å². The van der Waals surface area contributed by atoms with E-state index >= 15 is 0 Å². The lowest BCUT2D eigenvalue weighted by Gasteiger charge is -1.92. The molecule has 1 saturated heterocycles. The van der Waals surface area contributed by atoms with Crippen molar-refractivity contribution < 1.29 is 0 Å². The van der Waals surface area contributed by atoms with Gasteiger partial charge in [-0.15, -0.1) is 0 Å². The van der Waals surface area contributed by atoms with Crippen LogP contribution in [-0.4, -0.2) is 13.1 Å². The fourth-order valence-electron chi connectivity index (χ4n) is 0.829. The molecular formula is C6H10N. The Balaban J connectivity index is 2.26. The first-order chi connectivity index (χ1) is 3.43. The Morgan fingerprint density at radius 3 is 2.86 bits per heavy atom. The van der Waals surface area contributed by atoms with Crippen LogP contribution in [0.1, 0.15) is 6.42 Å². The van der Waals surface area contributed by atoms with Crippen molar-refractivity contribution in [3.8, 4) is 0 Å². The van der Waals surface area contributed by atoms with Crippen LogP contribution in [0.5, 0.6) is 0 Å². The molecule has 0 unspecified atom stereocenters. The number of hydrogen-bond acceptors (Lipinski definition) is 1. The first-order valence-corrected chi connectivity index (χ1v) is 2.67. The summed E-state index contributed by atoms with van der Waals surface area (Å²) in [6.07, 6.45) is 4.18. The Morgan fingerprint density at radius 2 is 2.57 bits per heavy atom. The fraction of sp³-hybridized carbons (Fsp3) is 0.667. The highest BCUT2D eigenvalue weighted by molar-refractivity contribution is 4.78. The van der Waals surface area contributed by atoms with Crippen molar-refractivity contribution in [1.82, 2.24) is 5.32 Å². The van der Waals surface area contributed by atoms with Crippen LogP contribution in [0.25, 0.3) is 0 Å². The van der Waals surface area contributed by atoms with E-state index in [4.69, 9.17) is 0 Å². The van der Waals surface area contributed by atoms with Crippen LogP contribution in [0.3, 0.4) is 0 Å². The van der Waals surface area contributed by atoms with Crippen molar-refractivity contribution in [3.63, 3.8) is 0 Å². The van der Waals surface area contributed by atoms with Crippen molar-refractivity contribution >= 4 is 0 Å². The van der Waals surface area contributed by atoms with Gasteiger partial charge in [-0.3, -0.25) is 0 Å². The Hall–Kier alpha value is -0.300. The van der Waals surface area contributed by atoms with Crippen molar-refractivity contribution in [2.45, 2.75) is 6.42 Å². The zero-order valence-electron chi connectivity index (χ0n) is 4.41. The Morgan fingerprint density at radius 1 is 1.71 bits per heavy atom. The zero-order chi connectivity index (χ0) is 5.11. The molecule has 1 heterocycles. The summed E-state index contributed by atoms with van der Waals surface area (Å²) in [5.74, 6) is 0.625. The van der Waals surface area contributed by atoms with Crippen molar-refractivity contribution in [2.75, 3.05) is 13.1 Å². The van der Waals surface area contributed by atoms with E-state index in [1.165, 1.54) is 6.42 Å². The molecule has 1 heteroatoms. The molecule has 1 aliphatic heterocycles. The molecule has 0 amide bonds. The largest absolute Gasteiger partial charge is 0.316 e. The molecule has 39 valence electrons. The minimum absolute atomic E-state index is 0.625. The second-order valence-corrected chi connectivity index (χ2v) is 1.89. The smallest absolute Gasteiger partial charge is 0.00205 e. The summed E-state index contributed by atoms with van der Waals surface area (Å²) in [6.45, 7) is 5.81. The van der Waals surface area contributed by atoms with Gasteiger partial charge in [0.25, 0.3) is 0 Å². The second kappa shape index (κ2) is 2.12. The highest BCUT2D eigenvalue weighted by atomic mass is 14.9. The molecule has 1 N–H and O–H groups in total. The number of nitrogens with one attached hydrogen (secondary N) is 1. The lowest BCUT2D eigenvalue weighted by Crippen LogP contribution is -2.07. The van der Waals surface area contributed by atoms with Gasteiger partial charge in [-0.1, -0.05) is 6.58 Å². The molecule has 1 atom stereocenters. The van der Waals surface area contributed by atoms with Gasteiger partial charge in [0.15, 0.2) is 0 Å². The number of rotatable bonds is 1.